The molecule has 2 heterocycles. The number of esters is 1. The van der Waals surface area contributed by atoms with Crippen molar-refractivity contribution < 1.29 is 19.1 Å². The molecule has 0 N–H and O–H groups in total. The molecule has 1 aliphatic carbocycles. The molecule has 3 aliphatic rings. The van der Waals surface area contributed by atoms with Crippen molar-refractivity contribution in [2.24, 2.45) is 0 Å². The van der Waals surface area contributed by atoms with Gasteiger partial charge in [0.05, 0.1) is 12.7 Å². The SMILES string of the molecule is COc1cccc(N2CCN(C(=O)C3=C(C)C(=O)OC34CCCCC4)CC2)c1. The summed E-state index contributed by atoms with van der Waals surface area (Å²) in [5.74, 6) is 0.494. The van der Waals surface area contributed by atoms with Gasteiger partial charge in [-0.05, 0) is 44.7 Å². The summed E-state index contributed by atoms with van der Waals surface area (Å²) in [4.78, 5) is 29.8. The largest absolute Gasteiger partial charge is 0.497 e. The molecule has 1 saturated heterocycles. The summed E-state index contributed by atoms with van der Waals surface area (Å²) in [6.07, 6.45) is 4.67. The number of methoxy groups -OCH3 is 1. The Labute approximate surface area is 166 Å². The number of rotatable bonds is 3. The molecule has 1 aromatic carbocycles. The lowest BCUT2D eigenvalue weighted by Crippen LogP contribution is -2.51. The highest BCUT2D eigenvalue weighted by Crippen LogP contribution is 2.44. The smallest absolute Gasteiger partial charge is 0.335 e. The molecule has 1 aromatic rings. The molecule has 0 atom stereocenters. The molecule has 6 nitrogen and oxygen atoms in total. The van der Waals surface area contributed by atoms with Gasteiger partial charge in [0, 0.05) is 43.5 Å². The Morgan fingerprint density at radius 1 is 1.11 bits per heavy atom. The summed E-state index contributed by atoms with van der Waals surface area (Å²) < 4.78 is 11.1. The van der Waals surface area contributed by atoms with Gasteiger partial charge in [-0.2, -0.15) is 0 Å². The number of carbonyl (C=O) groups excluding carboxylic acids is 2. The molecule has 4 rings (SSSR count). The third-order valence-electron chi connectivity index (χ3n) is 6.29. The quantitative estimate of drug-likeness (QED) is 0.750. The minimum atomic E-state index is -0.680. The molecule has 150 valence electrons. The molecule has 0 unspecified atom stereocenters. The predicted molar refractivity (Wildman–Crippen MR) is 106 cm³/mol. The lowest BCUT2D eigenvalue weighted by Gasteiger charge is -2.39. The number of nitrogens with zero attached hydrogens (tertiary/aromatic N) is 2. The van der Waals surface area contributed by atoms with Crippen molar-refractivity contribution in [1.29, 1.82) is 0 Å². The van der Waals surface area contributed by atoms with E-state index in [-0.39, 0.29) is 11.9 Å². The van der Waals surface area contributed by atoms with E-state index in [2.05, 4.69) is 11.0 Å². The second-order valence-corrected chi connectivity index (χ2v) is 7.93. The average molecular weight is 384 g/mol. The molecule has 2 fully saturated rings. The van der Waals surface area contributed by atoms with E-state index in [9.17, 15) is 9.59 Å². The summed E-state index contributed by atoms with van der Waals surface area (Å²) >= 11 is 0. The predicted octanol–water partition coefficient (Wildman–Crippen LogP) is 2.92. The highest BCUT2D eigenvalue weighted by molar-refractivity contribution is 6.07. The van der Waals surface area contributed by atoms with Crippen LogP contribution in [0.2, 0.25) is 0 Å². The zero-order chi connectivity index (χ0) is 19.7. The first kappa shape index (κ1) is 18.8. The molecule has 1 saturated carbocycles. The van der Waals surface area contributed by atoms with Crippen LogP contribution in [0.5, 0.6) is 5.75 Å². The third-order valence-corrected chi connectivity index (χ3v) is 6.29. The standard InChI is InChI=1S/C22H28N2O4/c1-16-19(22(28-21(16)26)9-4-3-5-10-22)20(25)24-13-11-23(12-14-24)17-7-6-8-18(15-17)27-2/h6-8,15H,3-5,9-14H2,1-2H3. The number of benzene rings is 1. The van der Waals surface area contributed by atoms with Crippen molar-refractivity contribution >= 4 is 17.6 Å². The van der Waals surface area contributed by atoms with Crippen molar-refractivity contribution in [3.63, 3.8) is 0 Å². The van der Waals surface area contributed by atoms with E-state index in [1.54, 1.807) is 14.0 Å². The van der Waals surface area contributed by atoms with Crippen molar-refractivity contribution in [3.05, 3.63) is 35.4 Å². The Kier molecular flexibility index (Phi) is 5.04. The fourth-order valence-electron chi connectivity index (χ4n) is 4.71. The van der Waals surface area contributed by atoms with Crippen LogP contribution in [0.4, 0.5) is 5.69 Å². The van der Waals surface area contributed by atoms with Crippen molar-refractivity contribution in [2.75, 3.05) is 38.2 Å². The Morgan fingerprint density at radius 3 is 2.50 bits per heavy atom. The van der Waals surface area contributed by atoms with Gasteiger partial charge >= 0.3 is 5.97 Å². The summed E-state index contributed by atoms with van der Waals surface area (Å²) in [6, 6.07) is 7.99. The Balaban J connectivity index is 1.48. The molecular weight excluding hydrogens is 356 g/mol. The third kappa shape index (κ3) is 3.25. The van der Waals surface area contributed by atoms with Crippen molar-refractivity contribution in [2.45, 2.75) is 44.6 Å². The first-order valence-electron chi connectivity index (χ1n) is 10.2. The van der Waals surface area contributed by atoms with Gasteiger partial charge in [0.1, 0.15) is 11.4 Å². The Hall–Kier alpha value is -2.50. The fourth-order valence-corrected chi connectivity index (χ4v) is 4.71. The number of anilines is 1. The zero-order valence-corrected chi connectivity index (χ0v) is 16.7. The highest BCUT2D eigenvalue weighted by Gasteiger charge is 2.50. The first-order valence-corrected chi connectivity index (χ1v) is 10.2. The van der Waals surface area contributed by atoms with E-state index in [1.807, 2.05) is 23.1 Å². The maximum absolute atomic E-state index is 13.4. The van der Waals surface area contributed by atoms with Crippen molar-refractivity contribution in [3.8, 4) is 5.75 Å². The zero-order valence-electron chi connectivity index (χ0n) is 16.7. The van der Waals surface area contributed by atoms with Gasteiger partial charge in [-0.3, -0.25) is 4.79 Å². The molecule has 6 heteroatoms. The summed E-state index contributed by atoms with van der Waals surface area (Å²) in [6.45, 7) is 4.53. The van der Waals surface area contributed by atoms with Crippen LogP contribution in [0.15, 0.2) is 35.4 Å². The molecule has 0 aromatic heterocycles. The number of ether oxygens (including phenoxy) is 2. The van der Waals surface area contributed by atoms with Gasteiger partial charge in [-0.15, -0.1) is 0 Å². The van der Waals surface area contributed by atoms with Crippen LogP contribution in [0.1, 0.15) is 39.0 Å². The van der Waals surface area contributed by atoms with Crippen LogP contribution in [-0.4, -0.2) is 55.7 Å². The number of hydrogen-bond donors (Lipinski definition) is 0. The maximum Gasteiger partial charge on any atom is 0.335 e. The van der Waals surface area contributed by atoms with Gasteiger partial charge < -0.3 is 19.3 Å². The van der Waals surface area contributed by atoms with Gasteiger partial charge in [-0.25, -0.2) is 4.79 Å². The molecule has 1 spiro atoms. The molecule has 0 radical (unpaired) electrons. The number of carbonyl (C=O) groups is 2. The highest BCUT2D eigenvalue weighted by atomic mass is 16.6. The van der Waals surface area contributed by atoms with Crippen LogP contribution in [0.25, 0.3) is 0 Å². The van der Waals surface area contributed by atoms with Gasteiger partial charge in [0.15, 0.2) is 0 Å². The van der Waals surface area contributed by atoms with Crippen LogP contribution in [-0.2, 0) is 14.3 Å². The second-order valence-electron chi connectivity index (χ2n) is 7.93. The average Bonchev–Trinajstić information content (AvgIpc) is 2.97. The normalized spacial score (nSPS) is 21.9. The van der Waals surface area contributed by atoms with E-state index in [0.717, 1.165) is 56.6 Å². The van der Waals surface area contributed by atoms with E-state index < -0.39 is 5.60 Å². The van der Waals surface area contributed by atoms with Crippen LogP contribution < -0.4 is 9.64 Å². The summed E-state index contributed by atoms with van der Waals surface area (Å²) in [5, 5.41) is 0. The molecule has 0 bridgehead atoms. The number of hydrogen-bond acceptors (Lipinski definition) is 5. The first-order chi connectivity index (χ1) is 13.5. The maximum atomic E-state index is 13.4. The summed E-state index contributed by atoms with van der Waals surface area (Å²) in [7, 11) is 1.66. The van der Waals surface area contributed by atoms with E-state index in [4.69, 9.17) is 9.47 Å². The lowest BCUT2D eigenvalue weighted by atomic mass is 9.78. The number of piperazine rings is 1. The van der Waals surface area contributed by atoms with E-state index in [0.29, 0.717) is 24.2 Å². The van der Waals surface area contributed by atoms with E-state index in [1.165, 1.54) is 0 Å². The lowest BCUT2D eigenvalue weighted by molar-refractivity contribution is -0.150. The topological polar surface area (TPSA) is 59.1 Å². The minimum absolute atomic E-state index is 0.0180. The van der Waals surface area contributed by atoms with E-state index >= 15 is 0 Å². The van der Waals surface area contributed by atoms with Gasteiger partial charge in [-0.1, -0.05) is 12.5 Å². The Morgan fingerprint density at radius 2 is 1.82 bits per heavy atom. The van der Waals surface area contributed by atoms with Crippen molar-refractivity contribution in [1.82, 2.24) is 4.90 Å². The van der Waals surface area contributed by atoms with Gasteiger partial charge in [0.2, 0.25) is 0 Å². The molecular formula is C22H28N2O4. The Bertz CT molecular complexity index is 803. The van der Waals surface area contributed by atoms with Crippen LogP contribution in [0, 0.1) is 0 Å². The van der Waals surface area contributed by atoms with Gasteiger partial charge in [0.25, 0.3) is 5.91 Å². The minimum Gasteiger partial charge on any atom is -0.497 e. The molecule has 1 amide bonds. The number of amides is 1. The second kappa shape index (κ2) is 7.49. The van der Waals surface area contributed by atoms with Crippen LogP contribution in [0.3, 0.4) is 0 Å². The molecule has 28 heavy (non-hydrogen) atoms. The monoisotopic (exact) mass is 384 g/mol. The molecule has 2 aliphatic heterocycles. The summed E-state index contributed by atoms with van der Waals surface area (Å²) in [5.41, 5.74) is 1.54. The van der Waals surface area contributed by atoms with Crippen LogP contribution >= 0.6 is 0 Å². The fraction of sp³-hybridized carbons (Fsp3) is 0.545.